The number of aromatic nitrogens is 3. The predicted octanol–water partition coefficient (Wildman–Crippen LogP) is 2.20. The Morgan fingerprint density at radius 1 is 1.08 bits per heavy atom. The van der Waals surface area contributed by atoms with Gasteiger partial charge in [0.1, 0.15) is 0 Å². The van der Waals surface area contributed by atoms with Crippen molar-refractivity contribution in [1.29, 1.82) is 0 Å². The van der Waals surface area contributed by atoms with Crippen LogP contribution in [0.15, 0.2) is 36.7 Å². The number of likely N-dealkylation sites (tertiary alicyclic amines) is 1. The summed E-state index contributed by atoms with van der Waals surface area (Å²) in [7, 11) is 0. The number of pyridine rings is 1. The molecule has 0 aliphatic carbocycles. The number of rotatable bonds is 3. The average molecular weight is 337 g/mol. The maximum absolute atomic E-state index is 13.2. The highest BCUT2D eigenvalue weighted by atomic mass is 16.2. The second-order valence-electron chi connectivity index (χ2n) is 7.17. The van der Waals surface area contributed by atoms with E-state index in [1.54, 1.807) is 12.4 Å². The van der Waals surface area contributed by atoms with E-state index in [0.717, 1.165) is 56.0 Å². The van der Waals surface area contributed by atoms with Gasteiger partial charge in [-0.15, -0.1) is 5.10 Å². The van der Waals surface area contributed by atoms with Crippen LogP contribution in [0.5, 0.6) is 0 Å². The second kappa shape index (κ2) is 6.43. The van der Waals surface area contributed by atoms with Gasteiger partial charge in [-0.25, -0.2) is 0 Å². The molecule has 130 valence electrons. The maximum Gasteiger partial charge on any atom is 0.230 e. The Morgan fingerprint density at radius 3 is 2.68 bits per heavy atom. The van der Waals surface area contributed by atoms with Crippen LogP contribution < -0.4 is 4.90 Å². The molecule has 6 heteroatoms. The number of nitrogens with zero attached hydrogens (tertiary/aromatic N) is 5. The van der Waals surface area contributed by atoms with E-state index in [9.17, 15) is 4.79 Å². The molecule has 0 N–H and O–H groups in total. The molecular weight excluding hydrogens is 314 g/mol. The van der Waals surface area contributed by atoms with Crippen molar-refractivity contribution < 1.29 is 4.79 Å². The van der Waals surface area contributed by atoms with Crippen LogP contribution in [0.3, 0.4) is 0 Å². The molecule has 0 bridgehead atoms. The highest BCUT2D eigenvalue weighted by Crippen LogP contribution is 2.41. The highest BCUT2D eigenvalue weighted by molar-refractivity contribution is 5.85. The van der Waals surface area contributed by atoms with Crippen LogP contribution in [0.4, 0.5) is 5.82 Å². The van der Waals surface area contributed by atoms with E-state index in [1.165, 1.54) is 0 Å². The molecule has 1 atom stereocenters. The van der Waals surface area contributed by atoms with E-state index >= 15 is 0 Å². The molecular formula is C19H23N5O. The van der Waals surface area contributed by atoms with Crippen LogP contribution in [0, 0.1) is 12.3 Å². The van der Waals surface area contributed by atoms with Gasteiger partial charge in [0, 0.05) is 38.6 Å². The molecule has 2 aromatic heterocycles. The van der Waals surface area contributed by atoms with Crippen molar-refractivity contribution >= 4 is 11.7 Å². The van der Waals surface area contributed by atoms with Gasteiger partial charge in [-0.1, -0.05) is 0 Å². The van der Waals surface area contributed by atoms with Crippen LogP contribution in [0.25, 0.3) is 0 Å². The van der Waals surface area contributed by atoms with Gasteiger partial charge in [0.2, 0.25) is 5.91 Å². The maximum atomic E-state index is 13.2. The molecule has 4 rings (SSSR count). The first kappa shape index (κ1) is 16.0. The van der Waals surface area contributed by atoms with E-state index in [0.29, 0.717) is 6.54 Å². The molecule has 1 amide bonds. The van der Waals surface area contributed by atoms with Crippen molar-refractivity contribution in [1.82, 2.24) is 20.1 Å². The molecule has 1 spiro atoms. The third kappa shape index (κ3) is 3.08. The Labute approximate surface area is 147 Å². The molecule has 2 saturated heterocycles. The molecule has 2 fully saturated rings. The summed E-state index contributed by atoms with van der Waals surface area (Å²) in [6, 6.07) is 7.95. The lowest BCUT2D eigenvalue weighted by molar-refractivity contribution is -0.137. The standard InChI is InChI=1S/C19H23N5O/c1-15-3-4-17(22-21-15)24-11-2-7-19(14-24)8-12-23(18(19)25)13-16-5-9-20-10-6-16/h3-6,9-10H,2,7-8,11-14H2,1H3. The van der Waals surface area contributed by atoms with Crippen molar-refractivity contribution in [2.45, 2.75) is 32.7 Å². The minimum absolute atomic E-state index is 0.266. The Balaban J connectivity index is 1.49. The fraction of sp³-hybridized carbons (Fsp3) is 0.474. The third-order valence-corrected chi connectivity index (χ3v) is 5.41. The van der Waals surface area contributed by atoms with E-state index < -0.39 is 0 Å². The summed E-state index contributed by atoms with van der Waals surface area (Å²) in [5.41, 5.74) is 1.78. The van der Waals surface area contributed by atoms with Crippen molar-refractivity contribution in [3.05, 3.63) is 47.9 Å². The summed E-state index contributed by atoms with van der Waals surface area (Å²) < 4.78 is 0. The van der Waals surface area contributed by atoms with E-state index in [2.05, 4.69) is 20.1 Å². The van der Waals surface area contributed by atoms with Gasteiger partial charge in [0.25, 0.3) is 0 Å². The van der Waals surface area contributed by atoms with Gasteiger partial charge < -0.3 is 9.80 Å². The lowest BCUT2D eigenvalue weighted by Gasteiger charge is -2.39. The smallest absolute Gasteiger partial charge is 0.230 e. The third-order valence-electron chi connectivity index (χ3n) is 5.41. The first-order chi connectivity index (χ1) is 12.2. The van der Waals surface area contributed by atoms with Crippen LogP contribution >= 0.6 is 0 Å². The monoisotopic (exact) mass is 337 g/mol. The molecule has 0 aromatic carbocycles. The SMILES string of the molecule is Cc1ccc(N2CCCC3(CCN(Cc4ccncc4)C3=O)C2)nn1. The summed E-state index contributed by atoms with van der Waals surface area (Å²) in [5.74, 6) is 1.17. The molecule has 4 heterocycles. The molecule has 6 nitrogen and oxygen atoms in total. The number of anilines is 1. The Hall–Kier alpha value is -2.50. The number of aryl methyl sites for hydroxylation is 1. The zero-order valence-electron chi connectivity index (χ0n) is 14.6. The molecule has 2 aliphatic heterocycles. The van der Waals surface area contributed by atoms with Gasteiger partial charge in [0.15, 0.2) is 5.82 Å². The fourth-order valence-electron chi connectivity index (χ4n) is 4.02. The molecule has 25 heavy (non-hydrogen) atoms. The van der Waals surface area contributed by atoms with Crippen LogP contribution in [-0.4, -0.2) is 45.6 Å². The highest BCUT2D eigenvalue weighted by Gasteiger charge is 2.48. The fourth-order valence-corrected chi connectivity index (χ4v) is 4.02. The minimum atomic E-state index is -0.266. The average Bonchev–Trinajstić information content (AvgIpc) is 2.93. The van der Waals surface area contributed by atoms with Crippen molar-refractivity contribution in [3.8, 4) is 0 Å². The Bertz CT molecular complexity index is 748. The zero-order chi connectivity index (χ0) is 17.3. The number of hydrogen-bond acceptors (Lipinski definition) is 5. The Morgan fingerprint density at radius 2 is 1.92 bits per heavy atom. The van der Waals surface area contributed by atoms with Crippen molar-refractivity contribution in [2.75, 3.05) is 24.5 Å². The number of amides is 1. The zero-order valence-corrected chi connectivity index (χ0v) is 14.6. The van der Waals surface area contributed by atoms with Gasteiger partial charge in [0.05, 0.1) is 11.1 Å². The minimum Gasteiger partial charge on any atom is -0.354 e. The quantitative estimate of drug-likeness (QED) is 0.859. The predicted molar refractivity (Wildman–Crippen MR) is 94.9 cm³/mol. The first-order valence-corrected chi connectivity index (χ1v) is 8.90. The van der Waals surface area contributed by atoms with Gasteiger partial charge in [-0.2, -0.15) is 5.10 Å². The Kier molecular flexibility index (Phi) is 4.11. The topological polar surface area (TPSA) is 62.2 Å². The summed E-state index contributed by atoms with van der Waals surface area (Å²) in [6.45, 7) is 5.13. The van der Waals surface area contributed by atoms with Gasteiger partial charge >= 0.3 is 0 Å². The molecule has 2 aliphatic rings. The van der Waals surface area contributed by atoms with Gasteiger partial charge in [-0.3, -0.25) is 9.78 Å². The number of carbonyl (C=O) groups is 1. The van der Waals surface area contributed by atoms with Crippen molar-refractivity contribution in [3.63, 3.8) is 0 Å². The van der Waals surface area contributed by atoms with Crippen LogP contribution in [-0.2, 0) is 11.3 Å². The lowest BCUT2D eigenvalue weighted by Crippen LogP contribution is -2.48. The normalized spacial score (nSPS) is 23.5. The summed E-state index contributed by atoms with van der Waals surface area (Å²) in [6.07, 6.45) is 6.47. The summed E-state index contributed by atoms with van der Waals surface area (Å²) in [5, 5.41) is 8.48. The molecule has 1 unspecified atom stereocenters. The summed E-state index contributed by atoms with van der Waals surface area (Å²) >= 11 is 0. The number of carbonyl (C=O) groups excluding carboxylic acids is 1. The molecule has 2 aromatic rings. The van der Waals surface area contributed by atoms with E-state index in [-0.39, 0.29) is 11.3 Å². The van der Waals surface area contributed by atoms with Crippen molar-refractivity contribution in [2.24, 2.45) is 5.41 Å². The molecule has 0 saturated carbocycles. The number of piperidine rings is 1. The number of hydrogen-bond donors (Lipinski definition) is 0. The second-order valence-corrected chi connectivity index (χ2v) is 7.17. The van der Waals surface area contributed by atoms with E-state index in [4.69, 9.17) is 0 Å². The van der Waals surface area contributed by atoms with Gasteiger partial charge in [-0.05, 0) is 56.0 Å². The molecule has 0 radical (unpaired) electrons. The lowest BCUT2D eigenvalue weighted by atomic mass is 9.78. The largest absolute Gasteiger partial charge is 0.354 e. The first-order valence-electron chi connectivity index (χ1n) is 8.90. The van der Waals surface area contributed by atoms with E-state index in [1.807, 2.05) is 36.1 Å². The van der Waals surface area contributed by atoms with Crippen LogP contribution in [0.2, 0.25) is 0 Å². The van der Waals surface area contributed by atoms with Crippen LogP contribution in [0.1, 0.15) is 30.5 Å². The summed E-state index contributed by atoms with van der Waals surface area (Å²) in [4.78, 5) is 21.4.